The second kappa shape index (κ2) is 5.45. The molecule has 23 heavy (non-hydrogen) atoms. The molecule has 4 rings (SSSR count). The van der Waals surface area contributed by atoms with E-state index in [1.807, 2.05) is 0 Å². The SMILES string of the molecule is O=C(O)C[C@@H]1Sc2nnc(C3CC3)n2N=C1c1ccc(F)cc1. The molecule has 2 aliphatic rings. The third kappa shape index (κ3) is 2.74. The van der Waals surface area contributed by atoms with Crippen LogP contribution in [0.4, 0.5) is 4.39 Å². The topological polar surface area (TPSA) is 80.4 Å². The van der Waals surface area contributed by atoms with Crippen LogP contribution in [0.25, 0.3) is 0 Å². The molecular formula is C15H13FN4O2S. The summed E-state index contributed by atoms with van der Waals surface area (Å²) >= 11 is 1.34. The van der Waals surface area contributed by atoms with Gasteiger partial charge in [0.05, 0.1) is 17.4 Å². The molecule has 2 heterocycles. The van der Waals surface area contributed by atoms with E-state index in [0.717, 1.165) is 18.7 Å². The first-order valence-corrected chi connectivity index (χ1v) is 8.18. The van der Waals surface area contributed by atoms with Gasteiger partial charge in [-0.05, 0) is 30.5 Å². The number of fused-ring (bicyclic) bond motifs is 1. The second-order valence-corrected chi connectivity index (χ2v) is 6.79. The molecule has 8 heteroatoms. The summed E-state index contributed by atoms with van der Waals surface area (Å²) in [5, 5.41) is 22.3. The molecule has 1 aromatic carbocycles. The van der Waals surface area contributed by atoms with E-state index < -0.39 is 5.97 Å². The first-order chi connectivity index (χ1) is 11.1. The Labute approximate surface area is 135 Å². The van der Waals surface area contributed by atoms with Gasteiger partial charge in [0.15, 0.2) is 5.82 Å². The van der Waals surface area contributed by atoms with E-state index in [4.69, 9.17) is 5.11 Å². The summed E-state index contributed by atoms with van der Waals surface area (Å²) in [5.41, 5.74) is 1.33. The maximum absolute atomic E-state index is 13.2. The zero-order valence-electron chi connectivity index (χ0n) is 12.0. The molecule has 6 nitrogen and oxygen atoms in total. The molecule has 1 aliphatic heterocycles. The average molecular weight is 332 g/mol. The number of rotatable bonds is 4. The molecule has 0 bridgehead atoms. The minimum absolute atomic E-state index is 0.0769. The van der Waals surface area contributed by atoms with Gasteiger partial charge in [0.2, 0.25) is 5.16 Å². The number of halogens is 1. The highest BCUT2D eigenvalue weighted by molar-refractivity contribution is 8.00. The summed E-state index contributed by atoms with van der Waals surface area (Å²) in [6.45, 7) is 0. The zero-order chi connectivity index (χ0) is 16.0. The fourth-order valence-electron chi connectivity index (χ4n) is 2.56. The van der Waals surface area contributed by atoms with Crippen molar-refractivity contribution in [3.8, 4) is 0 Å². The molecule has 1 aromatic heterocycles. The van der Waals surface area contributed by atoms with E-state index in [0.29, 0.717) is 22.3 Å². The number of hydrogen-bond acceptors (Lipinski definition) is 5. The number of nitrogens with zero attached hydrogens (tertiary/aromatic N) is 4. The maximum atomic E-state index is 13.2. The quantitative estimate of drug-likeness (QED) is 0.930. The summed E-state index contributed by atoms with van der Waals surface area (Å²) in [7, 11) is 0. The first kappa shape index (κ1) is 14.4. The van der Waals surface area contributed by atoms with Crippen LogP contribution in [0.5, 0.6) is 0 Å². The molecule has 1 N–H and O–H groups in total. The van der Waals surface area contributed by atoms with Gasteiger partial charge >= 0.3 is 5.97 Å². The smallest absolute Gasteiger partial charge is 0.304 e. The minimum Gasteiger partial charge on any atom is -0.481 e. The summed E-state index contributed by atoms with van der Waals surface area (Å²) in [5.74, 6) is -0.0454. The van der Waals surface area contributed by atoms with Crippen molar-refractivity contribution in [1.29, 1.82) is 0 Å². The Morgan fingerprint density at radius 3 is 2.70 bits per heavy atom. The maximum Gasteiger partial charge on any atom is 0.304 e. The number of carbonyl (C=O) groups is 1. The standard InChI is InChI=1S/C15H13FN4O2S/c16-10-5-3-8(4-6-10)13-11(7-12(21)22)23-15-18-17-14(9-1-2-9)20(15)19-13/h3-6,9,11H,1-2,7H2,(H,21,22)/t11-/m0/s1. The number of aliphatic carboxylic acids is 1. The normalized spacial score (nSPS) is 20.0. The Morgan fingerprint density at radius 2 is 2.04 bits per heavy atom. The largest absolute Gasteiger partial charge is 0.481 e. The van der Waals surface area contributed by atoms with Crippen LogP contribution in [0.1, 0.15) is 36.6 Å². The highest BCUT2D eigenvalue weighted by Gasteiger charge is 2.35. The molecule has 1 fully saturated rings. The lowest BCUT2D eigenvalue weighted by atomic mass is 10.1. The van der Waals surface area contributed by atoms with Gasteiger partial charge in [-0.3, -0.25) is 4.79 Å². The predicted octanol–water partition coefficient (Wildman–Crippen LogP) is 2.50. The van der Waals surface area contributed by atoms with Crippen molar-refractivity contribution >= 4 is 23.4 Å². The first-order valence-electron chi connectivity index (χ1n) is 7.30. The molecule has 1 aliphatic carbocycles. The monoisotopic (exact) mass is 332 g/mol. The van der Waals surface area contributed by atoms with Crippen LogP contribution in [0.3, 0.4) is 0 Å². The van der Waals surface area contributed by atoms with Gasteiger partial charge in [0.25, 0.3) is 0 Å². The van der Waals surface area contributed by atoms with E-state index in [1.54, 1.807) is 16.8 Å². The third-order valence-corrected chi connectivity index (χ3v) is 4.98. The van der Waals surface area contributed by atoms with Crippen molar-refractivity contribution in [1.82, 2.24) is 14.9 Å². The average Bonchev–Trinajstić information content (AvgIpc) is 3.28. The lowest BCUT2D eigenvalue weighted by Crippen LogP contribution is -2.27. The molecule has 118 valence electrons. The van der Waals surface area contributed by atoms with Crippen LogP contribution in [-0.4, -0.2) is 36.9 Å². The molecule has 1 atom stereocenters. The number of benzene rings is 1. The lowest BCUT2D eigenvalue weighted by molar-refractivity contribution is -0.136. The van der Waals surface area contributed by atoms with Gasteiger partial charge in [-0.1, -0.05) is 23.9 Å². The third-order valence-electron chi connectivity index (χ3n) is 3.84. The van der Waals surface area contributed by atoms with Crippen molar-refractivity contribution in [3.63, 3.8) is 0 Å². The Morgan fingerprint density at radius 1 is 1.30 bits per heavy atom. The van der Waals surface area contributed by atoms with E-state index >= 15 is 0 Å². The summed E-state index contributed by atoms with van der Waals surface area (Å²) in [4.78, 5) is 11.2. The van der Waals surface area contributed by atoms with E-state index in [9.17, 15) is 9.18 Å². The minimum atomic E-state index is -0.910. The Hall–Kier alpha value is -2.22. The van der Waals surface area contributed by atoms with Crippen LogP contribution >= 0.6 is 11.8 Å². The van der Waals surface area contributed by atoms with Crippen LogP contribution in [-0.2, 0) is 4.79 Å². The zero-order valence-corrected chi connectivity index (χ0v) is 12.8. The molecule has 2 aromatic rings. The van der Waals surface area contributed by atoms with Gasteiger partial charge in [-0.25, -0.2) is 4.39 Å². The number of carboxylic acids is 1. The van der Waals surface area contributed by atoms with Gasteiger partial charge in [0.1, 0.15) is 5.82 Å². The van der Waals surface area contributed by atoms with Crippen molar-refractivity contribution in [2.24, 2.45) is 5.10 Å². The summed E-state index contributed by atoms with van der Waals surface area (Å²) in [6.07, 6.45) is 2.07. The lowest BCUT2D eigenvalue weighted by Gasteiger charge is -2.22. The van der Waals surface area contributed by atoms with Gasteiger partial charge in [-0.15, -0.1) is 10.2 Å². The predicted molar refractivity (Wildman–Crippen MR) is 82.2 cm³/mol. The van der Waals surface area contributed by atoms with Crippen molar-refractivity contribution < 1.29 is 14.3 Å². The molecule has 0 spiro atoms. The van der Waals surface area contributed by atoms with E-state index in [2.05, 4.69) is 15.3 Å². The van der Waals surface area contributed by atoms with E-state index in [1.165, 1.54) is 23.9 Å². The second-order valence-electron chi connectivity index (χ2n) is 5.62. The molecule has 1 saturated carbocycles. The van der Waals surface area contributed by atoms with Crippen LogP contribution in [0.15, 0.2) is 34.5 Å². The molecular weight excluding hydrogens is 319 g/mol. The number of hydrogen-bond donors (Lipinski definition) is 1. The Bertz CT molecular complexity index is 798. The van der Waals surface area contributed by atoms with Gasteiger partial charge in [-0.2, -0.15) is 9.78 Å². The number of carboxylic acid groups (broad SMARTS) is 1. The van der Waals surface area contributed by atoms with Gasteiger partial charge in [0, 0.05) is 5.92 Å². The van der Waals surface area contributed by atoms with Gasteiger partial charge < -0.3 is 5.11 Å². The van der Waals surface area contributed by atoms with Crippen LogP contribution < -0.4 is 0 Å². The molecule has 0 radical (unpaired) electrons. The summed E-state index contributed by atoms with van der Waals surface area (Å²) in [6, 6.07) is 5.94. The van der Waals surface area contributed by atoms with Crippen molar-refractivity contribution in [2.45, 2.75) is 35.6 Å². The van der Waals surface area contributed by atoms with Crippen LogP contribution in [0, 0.1) is 5.82 Å². The van der Waals surface area contributed by atoms with Crippen LogP contribution in [0.2, 0.25) is 0 Å². The fourth-order valence-corrected chi connectivity index (χ4v) is 3.65. The summed E-state index contributed by atoms with van der Waals surface area (Å²) < 4.78 is 14.9. The molecule has 0 saturated heterocycles. The number of thioether (sulfide) groups is 1. The van der Waals surface area contributed by atoms with Crippen molar-refractivity contribution in [3.05, 3.63) is 41.5 Å². The van der Waals surface area contributed by atoms with Crippen molar-refractivity contribution in [2.75, 3.05) is 0 Å². The van der Waals surface area contributed by atoms with E-state index in [-0.39, 0.29) is 17.5 Å². The Kier molecular flexibility index (Phi) is 3.41. The molecule has 0 amide bonds. The highest BCUT2D eigenvalue weighted by Crippen LogP contribution is 2.42. The highest BCUT2D eigenvalue weighted by atomic mass is 32.2. The Balaban J connectivity index is 1.78. The molecule has 0 unspecified atom stereocenters. The number of aromatic nitrogens is 3. The fraction of sp³-hybridized carbons (Fsp3) is 0.333.